The number of nitrogens with zero attached hydrogens (tertiary/aromatic N) is 2. The molecule has 1 fully saturated rings. The molecule has 0 atom stereocenters. The Morgan fingerprint density at radius 3 is 2.26 bits per heavy atom. The van der Waals surface area contributed by atoms with Gasteiger partial charge < -0.3 is 4.90 Å². The van der Waals surface area contributed by atoms with Gasteiger partial charge >= 0.3 is 0 Å². The predicted octanol–water partition coefficient (Wildman–Crippen LogP) is 3.84. The normalized spacial score (nSPS) is 16.6. The Hall–Kier alpha value is -1.42. The van der Waals surface area contributed by atoms with Gasteiger partial charge in [0.05, 0.1) is 0 Å². The summed E-state index contributed by atoms with van der Waals surface area (Å²) in [4.78, 5) is 4.96. The van der Waals surface area contributed by atoms with Gasteiger partial charge in [0.1, 0.15) is 5.82 Å². The van der Waals surface area contributed by atoms with Crippen LogP contribution in [-0.2, 0) is 13.0 Å². The topological polar surface area (TPSA) is 6.48 Å². The lowest BCUT2D eigenvalue weighted by Gasteiger charge is -2.34. The number of benzene rings is 2. The summed E-state index contributed by atoms with van der Waals surface area (Å²) in [7, 11) is 0. The molecule has 23 heavy (non-hydrogen) atoms. The third-order valence-corrected chi connectivity index (χ3v) is 4.63. The predicted molar refractivity (Wildman–Crippen MR) is 93.3 cm³/mol. The van der Waals surface area contributed by atoms with Gasteiger partial charge in [0.2, 0.25) is 0 Å². The monoisotopic (exact) mass is 332 g/mol. The molecule has 0 bridgehead atoms. The molecule has 0 N–H and O–H groups in total. The fourth-order valence-electron chi connectivity index (χ4n) is 3.00. The third-order valence-electron chi connectivity index (χ3n) is 4.39. The first-order chi connectivity index (χ1) is 11.2. The van der Waals surface area contributed by atoms with Gasteiger partial charge in [0.25, 0.3) is 0 Å². The van der Waals surface area contributed by atoms with Gasteiger partial charge in [-0.15, -0.1) is 0 Å². The standard InChI is InChI=1S/C19H22ClFN2/c20-18-3-1-2-17(14-18)15-23-12-10-22(11-13-23)9-8-16-4-6-19(21)7-5-16/h1-7,14H,8-13,15H2. The van der Waals surface area contributed by atoms with E-state index >= 15 is 0 Å². The number of hydrogen-bond donors (Lipinski definition) is 0. The van der Waals surface area contributed by atoms with Crippen molar-refractivity contribution in [2.75, 3.05) is 32.7 Å². The average Bonchev–Trinajstić information content (AvgIpc) is 2.56. The van der Waals surface area contributed by atoms with E-state index in [1.807, 2.05) is 30.3 Å². The van der Waals surface area contributed by atoms with Crippen molar-refractivity contribution in [2.45, 2.75) is 13.0 Å². The fourth-order valence-corrected chi connectivity index (χ4v) is 3.22. The lowest BCUT2D eigenvalue weighted by molar-refractivity contribution is 0.128. The van der Waals surface area contributed by atoms with Crippen LogP contribution < -0.4 is 0 Å². The van der Waals surface area contributed by atoms with E-state index < -0.39 is 0 Å². The SMILES string of the molecule is Fc1ccc(CCN2CCN(Cc3cccc(Cl)c3)CC2)cc1. The van der Waals surface area contributed by atoms with Gasteiger partial charge in [-0.25, -0.2) is 4.39 Å². The van der Waals surface area contributed by atoms with Crippen LogP contribution in [0.3, 0.4) is 0 Å². The highest BCUT2D eigenvalue weighted by atomic mass is 35.5. The van der Waals surface area contributed by atoms with Gasteiger partial charge in [-0.1, -0.05) is 35.9 Å². The first-order valence-corrected chi connectivity index (χ1v) is 8.50. The molecule has 0 aliphatic carbocycles. The highest BCUT2D eigenvalue weighted by molar-refractivity contribution is 6.30. The van der Waals surface area contributed by atoms with Crippen LogP contribution in [0.4, 0.5) is 4.39 Å². The van der Waals surface area contributed by atoms with Crippen LogP contribution in [0, 0.1) is 5.82 Å². The maximum atomic E-state index is 12.9. The zero-order valence-corrected chi connectivity index (χ0v) is 14.0. The largest absolute Gasteiger partial charge is 0.300 e. The summed E-state index contributed by atoms with van der Waals surface area (Å²) in [6.45, 7) is 6.33. The molecule has 1 aliphatic rings. The molecule has 1 aliphatic heterocycles. The number of hydrogen-bond acceptors (Lipinski definition) is 2. The molecule has 1 heterocycles. The van der Waals surface area contributed by atoms with E-state index in [-0.39, 0.29) is 5.82 Å². The Morgan fingerprint density at radius 1 is 0.870 bits per heavy atom. The van der Waals surface area contributed by atoms with Crippen molar-refractivity contribution in [1.29, 1.82) is 0 Å². The molecule has 0 radical (unpaired) electrons. The van der Waals surface area contributed by atoms with E-state index in [4.69, 9.17) is 11.6 Å². The van der Waals surface area contributed by atoms with Gasteiger partial charge in [-0.3, -0.25) is 4.90 Å². The Balaban J connectivity index is 1.42. The van der Waals surface area contributed by atoms with Crippen molar-refractivity contribution < 1.29 is 4.39 Å². The molecular weight excluding hydrogens is 311 g/mol. The van der Waals surface area contributed by atoms with Crippen LogP contribution in [0.15, 0.2) is 48.5 Å². The van der Waals surface area contributed by atoms with Crippen LogP contribution in [0.2, 0.25) is 5.02 Å². The molecule has 122 valence electrons. The highest BCUT2D eigenvalue weighted by Gasteiger charge is 2.16. The molecule has 2 aromatic carbocycles. The number of rotatable bonds is 5. The first-order valence-electron chi connectivity index (χ1n) is 8.13. The maximum Gasteiger partial charge on any atom is 0.123 e. The van der Waals surface area contributed by atoms with Crippen molar-refractivity contribution in [3.05, 3.63) is 70.5 Å². The van der Waals surface area contributed by atoms with E-state index in [9.17, 15) is 4.39 Å². The third kappa shape index (κ3) is 5.03. The fraction of sp³-hybridized carbons (Fsp3) is 0.368. The van der Waals surface area contributed by atoms with Crippen molar-refractivity contribution in [3.63, 3.8) is 0 Å². The summed E-state index contributed by atoms with van der Waals surface area (Å²) in [5, 5.41) is 0.806. The summed E-state index contributed by atoms with van der Waals surface area (Å²) >= 11 is 6.04. The minimum absolute atomic E-state index is 0.164. The zero-order chi connectivity index (χ0) is 16.1. The van der Waals surface area contributed by atoms with Crippen molar-refractivity contribution in [1.82, 2.24) is 9.80 Å². The molecule has 0 unspecified atom stereocenters. The van der Waals surface area contributed by atoms with Crippen LogP contribution in [0.5, 0.6) is 0 Å². The van der Waals surface area contributed by atoms with Gasteiger partial charge in [0, 0.05) is 44.3 Å². The van der Waals surface area contributed by atoms with Crippen LogP contribution in [-0.4, -0.2) is 42.5 Å². The van der Waals surface area contributed by atoms with Gasteiger partial charge in [-0.05, 0) is 41.8 Å². The Kier molecular flexibility index (Phi) is 5.65. The van der Waals surface area contributed by atoms with E-state index in [0.29, 0.717) is 0 Å². The van der Waals surface area contributed by atoms with Crippen molar-refractivity contribution in [2.24, 2.45) is 0 Å². The lowest BCUT2D eigenvalue weighted by atomic mass is 10.1. The second-order valence-corrected chi connectivity index (χ2v) is 6.56. The molecule has 2 aromatic rings. The average molecular weight is 333 g/mol. The minimum atomic E-state index is -0.164. The summed E-state index contributed by atoms with van der Waals surface area (Å²) < 4.78 is 12.9. The Bertz CT molecular complexity index is 622. The smallest absolute Gasteiger partial charge is 0.123 e. The lowest BCUT2D eigenvalue weighted by Crippen LogP contribution is -2.46. The second kappa shape index (κ2) is 7.91. The first kappa shape index (κ1) is 16.4. The van der Waals surface area contributed by atoms with Crippen molar-refractivity contribution in [3.8, 4) is 0 Å². The highest BCUT2D eigenvalue weighted by Crippen LogP contribution is 2.14. The number of piperazine rings is 1. The molecule has 0 amide bonds. The minimum Gasteiger partial charge on any atom is -0.300 e. The van der Waals surface area contributed by atoms with E-state index in [1.165, 1.54) is 23.3 Å². The summed E-state index contributed by atoms with van der Waals surface area (Å²) in [6, 6.07) is 14.9. The molecule has 2 nitrogen and oxygen atoms in total. The summed E-state index contributed by atoms with van der Waals surface area (Å²) in [5.41, 5.74) is 2.48. The molecule has 3 rings (SSSR count). The number of halogens is 2. The van der Waals surface area contributed by atoms with Gasteiger partial charge in [0.15, 0.2) is 0 Å². The van der Waals surface area contributed by atoms with E-state index in [1.54, 1.807) is 0 Å². The van der Waals surface area contributed by atoms with Crippen LogP contribution in [0.1, 0.15) is 11.1 Å². The van der Waals surface area contributed by atoms with E-state index in [2.05, 4.69) is 15.9 Å². The van der Waals surface area contributed by atoms with E-state index in [0.717, 1.165) is 50.7 Å². The molecular formula is C19H22ClFN2. The van der Waals surface area contributed by atoms with Crippen LogP contribution >= 0.6 is 11.6 Å². The molecule has 4 heteroatoms. The van der Waals surface area contributed by atoms with Gasteiger partial charge in [-0.2, -0.15) is 0 Å². The second-order valence-electron chi connectivity index (χ2n) is 6.12. The Labute approximate surface area is 142 Å². The Morgan fingerprint density at radius 2 is 1.57 bits per heavy atom. The summed E-state index contributed by atoms with van der Waals surface area (Å²) in [5.74, 6) is -0.164. The molecule has 0 spiro atoms. The molecule has 0 saturated carbocycles. The van der Waals surface area contributed by atoms with Crippen molar-refractivity contribution >= 4 is 11.6 Å². The molecule has 1 saturated heterocycles. The summed E-state index contributed by atoms with van der Waals surface area (Å²) in [6.07, 6.45) is 0.981. The molecule has 0 aromatic heterocycles. The maximum absolute atomic E-state index is 12.9. The van der Waals surface area contributed by atoms with Crippen LogP contribution in [0.25, 0.3) is 0 Å². The quantitative estimate of drug-likeness (QED) is 0.821. The zero-order valence-electron chi connectivity index (χ0n) is 13.2.